The highest BCUT2D eigenvalue weighted by molar-refractivity contribution is 9.10. The fourth-order valence-corrected chi connectivity index (χ4v) is 2.17. The molecule has 0 aliphatic heterocycles. The molecule has 98 valence electrons. The van der Waals surface area contributed by atoms with E-state index < -0.39 is 0 Å². The molecule has 19 heavy (non-hydrogen) atoms. The first-order valence-electron chi connectivity index (χ1n) is 5.94. The second-order valence-electron chi connectivity index (χ2n) is 4.03. The van der Waals surface area contributed by atoms with Crippen molar-refractivity contribution in [2.75, 3.05) is 12.3 Å². The van der Waals surface area contributed by atoms with E-state index in [9.17, 15) is 4.79 Å². The fraction of sp³-hybridized carbons (Fsp3) is 0.133. The molecule has 0 saturated carbocycles. The van der Waals surface area contributed by atoms with Crippen molar-refractivity contribution in [2.45, 2.75) is 6.92 Å². The van der Waals surface area contributed by atoms with E-state index in [1.165, 1.54) is 0 Å². The summed E-state index contributed by atoms with van der Waals surface area (Å²) in [4.78, 5) is 12.4. The second-order valence-corrected chi connectivity index (χ2v) is 4.88. The SMILES string of the molecule is CCOc1ccc(C(=O)c2cc(N)ccc2Br)cc1. The molecule has 0 aliphatic carbocycles. The van der Waals surface area contributed by atoms with Gasteiger partial charge in [0.15, 0.2) is 5.78 Å². The van der Waals surface area contributed by atoms with Crippen molar-refractivity contribution in [1.29, 1.82) is 0 Å². The first-order chi connectivity index (χ1) is 9.11. The highest BCUT2D eigenvalue weighted by Crippen LogP contribution is 2.23. The highest BCUT2D eigenvalue weighted by Gasteiger charge is 2.13. The van der Waals surface area contributed by atoms with Crippen LogP contribution in [-0.4, -0.2) is 12.4 Å². The van der Waals surface area contributed by atoms with E-state index in [0.29, 0.717) is 23.4 Å². The number of halogens is 1. The molecule has 0 saturated heterocycles. The molecule has 0 unspecified atom stereocenters. The van der Waals surface area contributed by atoms with Crippen LogP contribution in [0, 0.1) is 0 Å². The summed E-state index contributed by atoms with van der Waals surface area (Å²) in [5.74, 6) is 0.688. The van der Waals surface area contributed by atoms with Crippen molar-refractivity contribution in [3.05, 3.63) is 58.1 Å². The van der Waals surface area contributed by atoms with Crippen molar-refractivity contribution >= 4 is 27.4 Å². The van der Waals surface area contributed by atoms with Crippen LogP contribution in [0.2, 0.25) is 0 Å². The average Bonchev–Trinajstić information content (AvgIpc) is 2.42. The molecular formula is C15H14BrNO2. The zero-order valence-electron chi connectivity index (χ0n) is 10.5. The van der Waals surface area contributed by atoms with Crippen LogP contribution in [0.15, 0.2) is 46.9 Å². The summed E-state index contributed by atoms with van der Waals surface area (Å²) in [5, 5.41) is 0. The van der Waals surface area contributed by atoms with Gasteiger partial charge in [-0.2, -0.15) is 0 Å². The molecule has 2 aromatic carbocycles. The maximum atomic E-state index is 12.4. The van der Waals surface area contributed by atoms with Gasteiger partial charge in [0.2, 0.25) is 0 Å². The Morgan fingerprint density at radius 2 is 1.89 bits per heavy atom. The molecule has 2 rings (SSSR count). The van der Waals surface area contributed by atoms with Gasteiger partial charge in [-0.1, -0.05) is 15.9 Å². The zero-order valence-corrected chi connectivity index (χ0v) is 12.1. The lowest BCUT2D eigenvalue weighted by molar-refractivity contribution is 0.103. The number of ketones is 1. The van der Waals surface area contributed by atoms with Crippen molar-refractivity contribution in [1.82, 2.24) is 0 Å². The van der Waals surface area contributed by atoms with E-state index in [1.54, 1.807) is 42.5 Å². The second kappa shape index (κ2) is 5.89. The van der Waals surface area contributed by atoms with E-state index in [-0.39, 0.29) is 5.78 Å². The molecule has 0 amide bonds. The number of hydrogen-bond acceptors (Lipinski definition) is 3. The van der Waals surface area contributed by atoms with Gasteiger partial charge < -0.3 is 10.5 Å². The Hall–Kier alpha value is -1.81. The zero-order chi connectivity index (χ0) is 13.8. The maximum Gasteiger partial charge on any atom is 0.194 e. The van der Waals surface area contributed by atoms with E-state index in [4.69, 9.17) is 10.5 Å². The number of ether oxygens (including phenoxy) is 1. The Kier molecular flexibility index (Phi) is 4.22. The molecule has 4 heteroatoms. The molecule has 3 nitrogen and oxygen atoms in total. The molecule has 0 radical (unpaired) electrons. The fourth-order valence-electron chi connectivity index (χ4n) is 1.74. The predicted molar refractivity (Wildman–Crippen MR) is 79.6 cm³/mol. The molecule has 0 aromatic heterocycles. The lowest BCUT2D eigenvalue weighted by Gasteiger charge is -2.07. The summed E-state index contributed by atoms with van der Waals surface area (Å²) in [6, 6.07) is 12.3. The minimum absolute atomic E-state index is 0.0674. The Morgan fingerprint density at radius 3 is 2.53 bits per heavy atom. The van der Waals surface area contributed by atoms with Gasteiger partial charge in [0.1, 0.15) is 5.75 Å². The van der Waals surface area contributed by atoms with E-state index in [2.05, 4.69) is 15.9 Å². The highest BCUT2D eigenvalue weighted by atomic mass is 79.9. The Labute approximate surface area is 120 Å². The van der Waals surface area contributed by atoms with Crippen LogP contribution in [0.3, 0.4) is 0 Å². The average molecular weight is 320 g/mol. The number of carbonyl (C=O) groups is 1. The van der Waals surface area contributed by atoms with Crippen LogP contribution in [0.5, 0.6) is 5.75 Å². The van der Waals surface area contributed by atoms with Gasteiger partial charge in [-0.25, -0.2) is 0 Å². The lowest BCUT2D eigenvalue weighted by Crippen LogP contribution is -2.03. The Bertz CT molecular complexity index is 594. The molecule has 0 heterocycles. The topological polar surface area (TPSA) is 52.3 Å². The normalized spacial score (nSPS) is 10.2. The van der Waals surface area contributed by atoms with E-state index >= 15 is 0 Å². The van der Waals surface area contributed by atoms with Gasteiger partial charge in [0.25, 0.3) is 0 Å². The van der Waals surface area contributed by atoms with Crippen LogP contribution in [0.4, 0.5) is 5.69 Å². The van der Waals surface area contributed by atoms with Gasteiger partial charge >= 0.3 is 0 Å². The van der Waals surface area contributed by atoms with Gasteiger partial charge in [0, 0.05) is 21.3 Å². The van der Waals surface area contributed by atoms with Crippen LogP contribution >= 0.6 is 15.9 Å². The summed E-state index contributed by atoms with van der Waals surface area (Å²) >= 11 is 3.37. The number of rotatable bonds is 4. The van der Waals surface area contributed by atoms with E-state index in [0.717, 1.165) is 10.2 Å². The summed E-state index contributed by atoms with van der Waals surface area (Å²) in [7, 11) is 0. The predicted octanol–water partition coefficient (Wildman–Crippen LogP) is 3.66. The molecule has 0 bridgehead atoms. The minimum atomic E-state index is -0.0674. The third-order valence-electron chi connectivity index (χ3n) is 2.66. The van der Waals surface area contributed by atoms with E-state index in [1.807, 2.05) is 6.92 Å². The van der Waals surface area contributed by atoms with Crippen LogP contribution in [-0.2, 0) is 0 Å². The lowest BCUT2D eigenvalue weighted by atomic mass is 10.0. The molecule has 0 atom stereocenters. The quantitative estimate of drug-likeness (QED) is 0.691. The largest absolute Gasteiger partial charge is 0.494 e. The summed E-state index contributed by atoms with van der Waals surface area (Å²) < 4.78 is 6.09. The third kappa shape index (κ3) is 3.15. The number of hydrogen-bond donors (Lipinski definition) is 1. The first-order valence-corrected chi connectivity index (χ1v) is 6.73. The van der Waals surface area contributed by atoms with Gasteiger partial charge in [0.05, 0.1) is 6.61 Å². The number of nitrogen functional groups attached to an aromatic ring is 1. The minimum Gasteiger partial charge on any atom is -0.494 e. The van der Waals surface area contributed by atoms with Crippen molar-refractivity contribution in [3.63, 3.8) is 0 Å². The van der Waals surface area contributed by atoms with Crippen LogP contribution in [0.25, 0.3) is 0 Å². The monoisotopic (exact) mass is 319 g/mol. The van der Waals surface area contributed by atoms with Gasteiger partial charge in [-0.05, 0) is 49.4 Å². The number of benzene rings is 2. The Morgan fingerprint density at radius 1 is 1.21 bits per heavy atom. The van der Waals surface area contributed by atoms with Crippen LogP contribution in [0.1, 0.15) is 22.8 Å². The third-order valence-corrected chi connectivity index (χ3v) is 3.35. The van der Waals surface area contributed by atoms with Crippen molar-refractivity contribution < 1.29 is 9.53 Å². The molecule has 0 aliphatic rings. The number of anilines is 1. The summed E-state index contributed by atoms with van der Waals surface area (Å²) in [5.41, 5.74) is 7.45. The van der Waals surface area contributed by atoms with Crippen LogP contribution < -0.4 is 10.5 Å². The number of carbonyl (C=O) groups excluding carboxylic acids is 1. The first kappa shape index (κ1) is 13.6. The number of nitrogens with two attached hydrogens (primary N) is 1. The molecular weight excluding hydrogens is 306 g/mol. The Balaban J connectivity index is 2.30. The molecule has 2 N–H and O–H groups in total. The van der Waals surface area contributed by atoms with Crippen molar-refractivity contribution in [3.8, 4) is 5.75 Å². The molecule has 0 spiro atoms. The molecule has 0 fully saturated rings. The molecule has 2 aromatic rings. The standard InChI is InChI=1S/C15H14BrNO2/c1-2-19-12-6-3-10(4-7-12)15(18)13-9-11(17)5-8-14(13)16/h3-9H,2,17H2,1H3. The van der Waals surface area contributed by atoms with Crippen molar-refractivity contribution in [2.24, 2.45) is 0 Å². The summed E-state index contributed by atoms with van der Waals surface area (Å²) in [6.45, 7) is 2.52. The van der Waals surface area contributed by atoms with Gasteiger partial charge in [-0.15, -0.1) is 0 Å². The maximum absolute atomic E-state index is 12.4. The summed E-state index contributed by atoms with van der Waals surface area (Å²) in [6.07, 6.45) is 0. The van der Waals surface area contributed by atoms with Gasteiger partial charge in [-0.3, -0.25) is 4.79 Å². The smallest absolute Gasteiger partial charge is 0.194 e.